The number of hydrogen-bond acceptors (Lipinski definition) is 3. The molecule has 0 radical (unpaired) electrons. The fourth-order valence-corrected chi connectivity index (χ4v) is 2.26. The summed E-state index contributed by atoms with van der Waals surface area (Å²) in [6.45, 7) is 1.28. The van der Waals surface area contributed by atoms with Gasteiger partial charge in [-0.2, -0.15) is 13.2 Å². The van der Waals surface area contributed by atoms with Gasteiger partial charge in [-0.05, 0) is 42.8 Å². The van der Waals surface area contributed by atoms with Crippen molar-refractivity contribution in [2.75, 3.05) is 17.2 Å². The van der Waals surface area contributed by atoms with Crippen molar-refractivity contribution in [3.8, 4) is 0 Å². The maximum atomic E-state index is 12.7. The van der Waals surface area contributed by atoms with Crippen molar-refractivity contribution in [3.63, 3.8) is 0 Å². The van der Waals surface area contributed by atoms with Crippen LogP contribution >= 0.6 is 11.6 Å². The molecule has 148 valence electrons. The monoisotopic (exact) mass is 413 g/mol. The zero-order valence-corrected chi connectivity index (χ0v) is 15.2. The molecule has 0 aliphatic carbocycles. The molecule has 0 fully saturated rings. The Morgan fingerprint density at radius 1 is 0.964 bits per heavy atom. The molecule has 0 aliphatic rings. The summed E-state index contributed by atoms with van der Waals surface area (Å²) in [6.07, 6.45) is -4.58. The number of alkyl halides is 3. The van der Waals surface area contributed by atoms with Crippen LogP contribution in [-0.4, -0.2) is 24.3 Å². The average Bonchev–Trinajstić information content (AvgIpc) is 2.62. The van der Waals surface area contributed by atoms with Gasteiger partial charge in [0.2, 0.25) is 5.91 Å². The molecule has 2 rings (SSSR count). The van der Waals surface area contributed by atoms with Gasteiger partial charge in [-0.3, -0.25) is 14.4 Å². The molecule has 0 atom stereocenters. The molecule has 3 amide bonds. The SMILES string of the molecule is Cc1ccc(NC(=O)CNC(=O)C(=O)Nc2cccc(C(F)(F)F)c2)cc1Cl. The first kappa shape index (κ1) is 21.2. The van der Waals surface area contributed by atoms with Gasteiger partial charge in [0.05, 0.1) is 12.1 Å². The summed E-state index contributed by atoms with van der Waals surface area (Å²) in [5, 5.41) is 7.05. The first-order valence-electron chi connectivity index (χ1n) is 7.88. The van der Waals surface area contributed by atoms with E-state index in [-0.39, 0.29) is 5.69 Å². The number of benzene rings is 2. The van der Waals surface area contributed by atoms with Gasteiger partial charge in [0.1, 0.15) is 0 Å². The minimum absolute atomic E-state index is 0.200. The Bertz CT molecular complexity index is 916. The summed E-state index contributed by atoms with van der Waals surface area (Å²) >= 11 is 5.94. The smallest absolute Gasteiger partial charge is 0.339 e. The molecule has 6 nitrogen and oxygen atoms in total. The molecule has 0 heterocycles. The maximum Gasteiger partial charge on any atom is 0.416 e. The average molecular weight is 414 g/mol. The highest BCUT2D eigenvalue weighted by atomic mass is 35.5. The van der Waals surface area contributed by atoms with Gasteiger partial charge in [0.15, 0.2) is 0 Å². The fraction of sp³-hybridized carbons (Fsp3) is 0.167. The van der Waals surface area contributed by atoms with Crippen LogP contribution in [0.5, 0.6) is 0 Å². The second-order valence-corrected chi connectivity index (χ2v) is 6.13. The predicted octanol–water partition coefficient (Wildman–Crippen LogP) is 3.36. The van der Waals surface area contributed by atoms with Gasteiger partial charge in [0.25, 0.3) is 0 Å². The van der Waals surface area contributed by atoms with Gasteiger partial charge in [-0.25, -0.2) is 0 Å². The van der Waals surface area contributed by atoms with Gasteiger partial charge < -0.3 is 16.0 Å². The van der Waals surface area contributed by atoms with Gasteiger partial charge in [-0.1, -0.05) is 23.7 Å². The highest BCUT2D eigenvalue weighted by Crippen LogP contribution is 2.30. The van der Waals surface area contributed by atoms with Crippen molar-refractivity contribution in [3.05, 3.63) is 58.6 Å². The summed E-state index contributed by atoms with van der Waals surface area (Å²) in [5.41, 5.74) is 0.0538. The number of halogens is 4. The largest absolute Gasteiger partial charge is 0.416 e. The Labute approximate surface area is 163 Å². The minimum Gasteiger partial charge on any atom is -0.339 e. The molecule has 0 aromatic heterocycles. The molecule has 2 aromatic rings. The third kappa shape index (κ3) is 5.98. The lowest BCUT2D eigenvalue weighted by molar-refractivity contribution is -0.137. The Morgan fingerprint density at radius 3 is 2.29 bits per heavy atom. The third-order valence-corrected chi connectivity index (χ3v) is 3.93. The predicted molar refractivity (Wildman–Crippen MR) is 97.9 cm³/mol. The van der Waals surface area contributed by atoms with Crippen molar-refractivity contribution < 1.29 is 27.6 Å². The van der Waals surface area contributed by atoms with Crippen LogP contribution in [0.25, 0.3) is 0 Å². The minimum atomic E-state index is -4.58. The maximum absolute atomic E-state index is 12.7. The molecule has 0 saturated carbocycles. The summed E-state index contributed by atoms with van der Waals surface area (Å²) in [5.74, 6) is -2.99. The molecule has 0 aliphatic heterocycles. The van der Waals surface area contributed by atoms with E-state index in [1.54, 1.807) is 19.1 Å². The lowest BCUT2D eigenvalue weighted by Gasteiger charge is -2.10. The highest BCUT2D eigenvalue weighted by molar-refractivity contribution is 6.40. The van der Waals surface area contributed by atoms with Crippen LogP contribution in [0.3, 0.4) is 0 Å². The van der Waals surface area contributed by atoms with Crippen LogP contribution in [0, 0.1) is 6.92 Å². The quantitative estimate of drug-likeness (QED) is 0.672. The zero-order chi connectivity index (χ0) is 20.9. The second kappa shape index (κ2) is 8.75. The van der Waals surface area contributed by atoms with Crippen molar-refractivity contribution in [1.29, 1.82) is 0 Å². The standard InChI is InChI=1S/C18H15ClF3N3O3/c1-10-5-6-13(8-14(10)19)24-15(26)9-23-16(27)17(28)25-12-4-2-3-11(7-12)18(20,21)22/h2-8H,9H2,1H3,(H,23,27)(H,24,26)(H,25,28). The van der Waals surface area contributed by atoms with E-state index in [0.29, 0.717) is 16.8 Å². The lowest BCUT2D eigenvalue weighted by Crippen LogP contribution is -2.39. The van der Waals surface area contributed by atoms with Gasteiger partial charge in [0, 0.05) is 16.4 Å². The molecule has 0 spiro atoms. The van der Waals surface area contributed by atoms with Crippen molar-refractivity contribution >= 4 is 40.7 Å². The molecule has 10 heteroatoms. The van der Waals surface area contributed by atoms with E-state index in [9.17, 15) is 27.6 Å². The van der Waals surface area contributed by atoms with E-state index >= 15 is 0 Å². The molecule has 3 N–H and O–H groups in total. The molecule has 2 aromatic carbocycles. The number of anilines is 2. The first-order chi connectivity index (χ1) is 13.1. The van der Waals surface area contributed by atoms with Crippen LogP contribution in [-0.2, 0) is 20.6 Å². The Kier molecular flexibility index (Phi) is 6.63. The van der Waals surface area contributed by atoms with E-state index in [0.717, 1.165) is 17.7 Å². The van der Waals surface area contributed by atoms with Crippen LogP contribution in [0.4, 0.5) is 24.5 Å². The number of aryl methyl sites for hydroxylation is 1. The van der Waals surface area contributed by atoms with Crippen LogP contribution in [0.1, 0.15) is 11.1 Å². The van der Waals surface area contributed by atoms with Crippen molar-refractivity contribution in [1.82, 2.24) is 5.32 Å². The molecule has 28 heavy (non-hydrogen) atoms. The number of carbonyl (C=O) groups is 3. The molecule has 0 unspecified atom stereocenters. The van der Waals surface area contributed by atoms with Crippen LogP contribution in [0.15, 0.2) is 42.5 Å². The van der Waals surface area contributed by atoms with Crippen LogP contribution in [0.2, 0.25) is 5.02 Å². The second-order valence-electron chi connectivity index (χ2n) is 5.73. The number of rotatable bonds is 4. The van der Waals surface area contributed by atoms with Crippen LogP contribution < -0.4 is 16.0 Å². The molecular weight excluding hydrogens is 399 g/mol. The highest BCUT2D eigenvalue weighted by Gasteiger charge is 2.30. The summed E-state index contributed by atoms with van der Waals surface area (Å²) in [4.78, 5) is 35.3. The van der Waals surface area contributed by atoms with E-state index in [4.69, 9.17) is 11.6 Å². The topological polar surface area (TPSA) is 87.3 Å². The number of nitrogens with one attached hydrogen (secondary N) is 3. The number of hydrogen-bond donors (Lipinski definition) is 3. The van der Waals surface area contributed by atoms with Crippen molar-refractivity contribution in [2.45, 2.75) is 13.1 Å². The molecule has 0 bridgehead atoms. The lowest BCUT2D eigenvalue weighted by atomic mass is 10.2. The summed E-state index contributed by atoms with van der Waals surface area (Å²) < 4.78 is 38.0. The van der Waals surface area contributed by atoms with E-state index < -0.39 is 36.0 Å². The van der Waals surface area contributed by atoms with Gasteiger partial charge >= 0.3 is 18.0 Å². The summed E-state index contributed by atoms with van der Waals surface area (Å²) in [6, 6.07) is 8.65. The van der Waals surface area contributed by atoms with E-state index in [1.165, 1.54) is 12.1 Å². The third-order valence-electron chi connectivity index (χ3n) is 3.52. The van der Waals surface area contributed by atoms with E-state index in [1.807, 2.05) is 5.32 Å². The van der Waals surface area contributed by atoms with Gasteiger partial charge in [-0.15, -0.1) is 0 Å². The zero-order valence-electron chi connectivity index (χ0n) is 14.5. The Morgan fingerprint density at radius 2 is 1.64 bits per heavy atom. The molecule has 0 saturated heterocycles. The normalized spacial score (nSPS) is 10.9. The summed E-state index contributed by atoms with van der Waals surface area (Å²) in [7, 11) is 0. The fourth-order valence-electron chi connectivity index (χ4n) is 2.08. The first-order valence-corrected chi connectivity index (χ1v) is 8.26. The van der Waals surface area contributed by atoms with E-state index in [2.05, 4.69) is 10.6 Å². The Hall–Kier alpha value is -3.07. The number of amides is 3. The van der Waals surface area contributed by atoms with Crippen molar-refractivity contribution in [2.24, 2.45) is 0 Å². The number of carbonyl (C=O) groups excluding carboxylic acids is 3. The molecular formula is C18H15ClF3N3O3. The Balaban J connectivity index is 1.87.